The molecular formula is C34H38ClF5N8O3. The van der Waals surface area contributed by atoms with Gasteiger partial charge in [-0.2, -0.15) is 37.0 Å². The Labute approximate surface area is 296 Å². The number of hydrogen-bond donors (Lipinski definition) is 1. The molecule has 1 amide bonds. The minimum Gasteiger partial charge on any atom is -0.461 e. The van der Waals surface area contributed by atoms with Gasteiger partial charge in [-0.15, -0.1) is 0 Å². The number of nitrogens with two attached hydrogens (primary N) is 1. The second-order valence-electron chi connectivity index (χ2n) is 13.9. The number of amides is 1. The second-order valence-corrected chi connectivity index (χ2v) is 14.3. The fourth-order valence-corrected chi connectivity index (χ4v) is 8.19. The van der Waals surface area contributed by atoms with Crippen LogP contribution in [0.3, 0.4) is 0 Å². The molecule has 2 N–H and O–H groups in total. The summed E-state index contributed by atoms with van der Waals surface area (Å²) >= 11 is 6.75. The summed E-state index contributed by atoms with van der Waals surface area (Å²) in [5.74, 6) is 0.108. The number of carbonyl (C=O) groups is 1. The first-order valence-electron chi connectivity index (χ1n) is 16.8. The molecule has 1 aromatic carbocycles. The number of alkyl halides is 3. The molecule has 2 saturated heterocycles. The van der Waals surface area contributed by atoms with Crippen molar-refractivity contribution in [2.75, 3.05) is 51.0 Å². The molecule has 0 spiro atoms. The molecule has 2 fully saturated rings. The monoisotopic (exact) mass is 736 g/mol. The van der Waals surface area contributed by atoms with E-state index in [9.17, 15) is 26.7 Å². The summed E-state index contributed by atoms with van der Waals surface area (Å²) in [7, 11) is 3.22. The lowest BCUT2D eigenvalue weighted by atomic mass is 9.92. The van der Waals surface area contributed by atoms with E-state index in [1.807, 2.05) is 9.80 Å². The fraction of sp³-hybridized carbons (Fsp3) is 0.529. The first kappa shape index (κ1) is 35.4. The Bertz CT molecular complexity index is 1910. The van der Waals surface area contributed by atoms with Crippen LogP contribution in [0.1, 0.15) is 75.9 Å². The number of halogens is 6. The van der Waals surface area contributed by atoms with Crippen molar-refractivity contribution in [3.63, 3.8) is 0 Å². The van der Waals surface area contributed by atoms with Crippen molar-refractivity contribution >= 4 is 29.0 Å². The van der Waals surface area contributed by atoms with Crippen LogP contribution in [0, 0.1) is 6.92 Å². The van der Waals surface area contributed by atoms with E-state index in [1.165, 1.54) is 24.0 Å². The quantitative estimate of drug-likeness (QED) is 0.243. The summed E-state index contributed by atoms with van der Waals surface area (Å²) in [4.78, 5) is 27.7. The first-order valence-corrected chi connectivity index (χ1v) is 17.1. The molecule has 4 aliphatic heterocycles. The minimum atomic E-state index is -4.65. The normalized spacial score (nSPS) is 22.0. The number of carbonyl (C=O) groups excluding carboxylic acids is 1. The van der Waals surface area contributed by atoms with Gasteiger partial charge < -0.3 is 25.0 Å². The van der Waals surface area contributed by atoms with Gasteiger partial charge in [0.05, 0.1) is 46.8 Å². The molecule has 51 heavy (non-hydrogen) atoms. The molecule has 1 unspecified atom stereocenters. The van der Waals surface area contributed by atoms with E-state index in [0.29, 0.717) is 55.2 Å². The van der Waals surface area contributed by atoms with Gasteiger partial charge in [0.25, 0.3) is 12.0 Å². The van der Waals surface area contributed by atoms with Crippen LogP contribution in [0.25, 0.3) is 0 Å². The van der Waals surface area contributed by atoms with Crippen molar-refractivity contribution in [1.29, 1.82) is 0 Å². The van der Waals surface area contributed by atoms with E-state index in [-0.39, 0.29) is 84.2 Å². The lowest BCUT2D eigenvalue weighted by Crippen LogP contribution is -2.43. The number of aromatic nitrogens is 4. The molecule has 4 aliphatic rings. The standard InChI is InChI=1S/C34H38ClF5N8O3/c1-18-10-20(41)11-21(26(18)34(38,39)40)25-12-23-22(16-50-25)30(46-7-5-9-48-24(15-46)27(35)28(44-48)31(49)45(2)3)43-32(42-23)51-17-33-6-4-8-47(33)14-19(13-33)29(36)37/h10-11,25H,4-9,12-17,41H2,1-3H3/t25?,33-/m0/s1. The first-order chi connectivity index (χ1) is 24.1. The number of nitrogens with zero attached hydrogens (tertiary/aromatic N) is 7. The van der Waals surface area contributed by atoms with Gasteiger partial charge in [0, 0.05) is 57.0 Å². The topological polar surface area (TPSA) is 115 Å². The van der Waals surface area contributed by atoms with E-state index < -0.39 is 29.5 Å². The summed E-state index contributed by atoms with van der Waals surface area (Å²) in [6, 6.07) is 2.56. The van der Waals surface area contributed by atoms with E-state index in [4.69, 9.17) is 36.8 Å². The van der Waals surface area contributed by atoms with E-state index in [0.717, 1.165) is 6.42 Å². The average Bonchev–Trinajstić information content (AvgIpc) is 3.66. The van der Waals surface area contributed by atoms with Crippen LogP contribution in [0.15, 0.2) is 23.8 Å². The Balaban J connectivity index is 1.27. The van der Waals surface area contributed by atoms with Crippen molar-refractivity contribution in [2.45, 2.75) is 76.5 Å². The Morgan fingerprint density at radius 2 is 1.94 bits per heavy atom. The summed E-state index contributed by atoms with van der Waals surface area (Å²) in [6.45, 7) is 3.35. The molecule has 6 heterocycles. The van der Waals surface area contributed by atoms with E-state index >= 15 is 0 Å². The molecule has 0 aliphatic carbocycles. The number of aryl methyl sites for hydroxylation is 2. The van der Waals surface area contributed by atoms with Crippen LogP contribution in [0.4, 0.5) is 33.5 Å². The minimum absolute atomic E-state index is 0.0143. The van der Waals surface area contributed by atoms with Crippen molar-refractivity contribution in [2.24, 2.45) is 0 Å². The van der Waals surface area contributed by atoms with Crippen LogP contribution in [-0.2, 0) is 37.0 Å². The molecule has 2 aromatic heterocycles. The number of ether oxygens (including phenoxy) is 2. The SMILES string of the molecule is Cc1cc(N)cc(C2Cc3nc(OC[C@@]45CCCN4CC(=C(F)F)C5)nc(N4CCCn5nc(C(=O)N(C)C)c(Cl)c5C4)c3CO2)c1C(F)(F)F. The van der Waals surface area contributed by atoms with Crippen LogP contribution >= 0.6 is 11.6 Å². The molecule has 0 saturated carbocycles. The van der Waals surface area contributed by atoms with Gasteiger partial charge in [0.15, 0.2) is 5.69 Å². The van der Waals surface area contributed by atoms with Crippen molar-refractivity contribution in [1.82, 2.24) is 29.5 Å². The summed E-state index contributed by atoms with van der Waals surface area (Å²) in [5, 5.41) is 4.71. The predicted molar refractivity (Wildman–Crippen MR) is 178 cm³/mol. The van der Waals surface area contributed by atoms with Crippen LogP contribution in [0.2, 0.25) is 5.02 Å². The Hall–Kier alpha value is -4.02. The van der Waals surface area contributed by atoms with Gasteiger partial charge in [-0.1, -0.05) is 11.6 Å². The third-order valence-electron chi connectivity index (χ3n) is 10.3. The fourth-order valence-electron chi connectivity index (χ4n) is 7.92. The predicted octanol–water partition coefficient (Wildman–Crippen LogP) is 5.93. The number of hydrogen-bond acceptors (Lipinski definition) is 9. The highest BCUT2D eigenvalue weighted by Crippen LogP contribution is 2.45. The largest absolute Gasteiger partial charge is 0.461 e. The molecule has 0 radical (unpaired) electrons. The summed E-state index contributed by atoms with van der Waals surface area (Å²) in [5.41, 5.74) is 6.50. The van der Waals surface area contributed by atoms with Crippen molar-refractivity contribution < 1.29 is 36.2 Å². The van der Waals surface area contributed by atoms with E-state index in [1.54, 1.807) is 18.8 Å². The summed E-state index contributed by atoms with van der Waals surface area (Å²) < 4.78 is 84.5. The van der Waals surface area contributed by atoms with Crippen LogP contribution < -0.4 is 15.4 Å². The lowest BCUT2D eigenvalue weighted by Gasteiger charge is -2.33. The third kappa shape index (κ3) is 6.50. The van der Waals surface area contributed by atoms with Gasteiger partial charge in [-0.05, 0) is 62.4 Å². The smallest absolute Gasteiger partial charge is 0.417 e. The molecular weight excluding hydrogens is 699 g/mol. The molecule has 7 rings (SSSR count). The molecule has 0 bridgehead atoms. The zero-order chi connectivity index (χ0) is 36.4. The van der Waals surface area contributed by atoms with Gasteiger partial charge in [0.1, 0.15) is 12.4 Å². The number of rotatable bonds is 6. The molecule has 2 atom stereocenters. The molecule has 17 heteroatoms. The van der Waals surface area contributed by atoms with Gasteiger partial charge in [-0.3, -0.25) is 14.4 Å². The number of nitrogen functional groups attached to an aromatic ring is 1. The highest BCUT2D eigenvalue weighted by atomic mass is 35.5. The highest BCUT2D eigenvalue weighted by molar-refractivity contribution is 6.34. The Morgan fingerprint density at radius 1 is 1.16 bits per heavy atom. The van der Waals surface area contributed by atoms with Gasteiger partial charge in [-0.25, -0.2) is 0 Å². The van der Waals surface area contributed by atoms with Crippen molar-refractivity contribution in [3.05, 3.63) is 68.1 Å². The Morgan fingerprint density at radius 3 is 2.67 bits per heavy atom. The van der Waals surface area contributed by atoms with Gasteiger partial charge in [0.2, 0.25) is 0 Å². The van der Waals surface area contributed by atoms with Gasteiger partial charge >= 0.3 is 12.2 Å². The maximum atomic E-state index is 14.3. The lowest BCUT2D eigenvalue weighted by molar-refractivity contribution is -0.140. The maximum Gasteiger partial charge on any atom is 0.417 e. The van der Waals surface area contributed by atoms with Crippen molar-refractivity contribution in [3.8, 4) is 6.01 Å². The number of fused-ring (bicyclic) bond motifs is 3. The zero-order valence-corrected chi connectivity index (χ0v) is 29.2. The average molecular weight is 737 g/mol. The highest BCUT2D eigenvalue weighted by Gasteiger charge is 2.48. The molecule has 11 nitrogen and oxygen atoms in total. The molecule has 274 valence electrons. The number of anilines is 2. The number of benzene rings is 1. The second kappa shape index (κ2) is 13.2. The maximum absolute atomic E-state index is 14.3. The van der Waals surface area contributed by atoms with Crippen LogP contribution in [0.5, 0.6) is 6.01 Å². The summed E-state index contributed by atoms with van der Waals surface area (Å²) in [6.07, 6.45) is -5.10. The molecule has 3 aromatic rings. The van der Waals surface area contributed by atoms with Crippen LogP contribution in [-0.4, -0.2) is 81.3 Å². The Kier molecular flexibility index (Phi) is 9.15. The van der Waals surface area contributed by atoms with E-state index in [2.05, 4.69) is 5.10 Å². The third-order valence-corrected chi connectivity index (χ3v) is 10.7. The zero-order valence-electron chi connectivity index (χ0n) is 28.4.